The molecule has 1 aromatic rings. The van der Waals surface area contributed by atoms with E-state index in [9.17, 15) is 0 Å². The summed E-state index contributed by atoms with van der Waals surface area (Å²) in [4.78, 5) is 0. The van der Waals surface area contributed by atoms with E-state index >= 15 is 0 Å². The summed E-state index contributed by atoms with van der Waals surface area (Å²) in [6.45, 7) is 0. The quantitative estimate of drug-likeness (QED) is 0.483. The molecular formula is C10H19BrTi-6. The molecular weight excluding hydrogens is 248 g/mol. The first-order valence-electron chi connectivity index (χ1n) is 1.93. The molecule has 0 atom stereocenters. The Kier molecular flexibility index (Phi) is 136. The van der Waals surface area contributed by atoms with E-state index in [1.807, 2.05) is 30.3 Å². The minimum atomic E-state index is 0. The van der Waals surface area contributed by atoms with Crippen LogP contribution in [-0.2, 0) is 21.7 Å². The van der Waals surface area contributed by atoms with Crippen LogP contribution in [0, 0.1) is 35.5 Å². The first kappa shape index (κ1) is 39.0. The molecule has 0 amide bonds. The SMILES string of the molecule is [CH2-]Br.[CH3-].[CH3-].[CH3-].[CH3-].[Ti].c1cc[cH-]c1. The van der Waals surface area contributed by atoms with E-state index in [0.717, 1.165) is 0 Å². The summed E-state index contributed by atoms with van der Waals surface area (Å²) < 4.78 is 0. The largest absolute Gasteiger partial charge is 0.358 e. The van der Waals surface area contributed by atoms with Gasteiger partial charge in [0.1, 0.15) is 0 Å². The summed E-state index contributed by atoms with van der Waals surface area (Å²) >= 11 is 2.69. The minimum Gasteiger partial charge on any atom is -0.358 e. The molecule has 0 saturated heterocycles. The van der Waals surface area contributed by atoms with E-state index < -0.39 is 0 Å². The van der Waals surface area contributed by atoms with E-state index in [2.05, 4.69) is 21.8 Å². The second-order valence-corrected chi connectivity index (χ2v) is 0.962. The van der Waals surface area contributed by atoms with Gasteiger partial charge in [0.2, 0.25) is 0 Å². The van der Waals surface area contributed by atoms with Gasteiger partial charge in [0.15, 0.2) is 0 Å². The summed E-state index contributed by atoms with van der Waals surface area (Å²) in [7, 11) is 0. The van der Waals surface area contributed by atoms with Crippen LogP contribution in [0.25, 0.3) is 0 Å². The molecule has 0 N–H and O–H groups in total. The average Bonchev–Trinajstić information content (AvgIpc) is 2.23. The molecule has 0 aliphatic carbocycles. The minimum absolute atomic E-state index is 0. The van der Waals surface area contributed by atoms with Crippen LogP contribution in [0.2, 0.25) is 0 Å². The molecule has 0 radical (unpaired) electrons. The van der Waals surface area contributed by atoms with Crippen LogP contribution < -0.4 is 0 Å². The van der Waals surface area contributed by atoms with E-state index in [4.69, 9.17) is 0 Å². The Morgan fingerprint density at radius 2 is 1.08 bits per heavy atom. The molecule has 0 fully saturated rings. The Hall–Kier alpha value is 0.544. The van der Waals surface area contributed by atoms with E-state index in [1.165, 1.54) is 0 Å². The molecule has 0 unspecified atom stereocenters. The topological polar surface area (TPSA) is 0 Å². The van der Waals surface area contributed by atoms with E-state index in [-0.39, 0.29) is 51.4 Å². The van der Waals surface area contributed by atoms with Crippen LogP contribution in [0.5, 0.6) is 0 Å². The summed E-state index contributed by atoms with van der Waals surface area (Å²) in [6, 6.07) is 10.0. The average molecular weight is 267 g/mol. The zero-order valence-electron chi connectivity index (χ0n) is 8.47. The third-order valence-electron chi connectivity index (χ3n) is 0.556. The molecule has 0 saturated carbocycles. The normalized spacial score (nSPS) is 3.83. The maximum atomic E-state index is 3.06. The molecule has 0 aliphatic heterocycles. The summed E-state index contributed by atoms with van der Waals surface area (Å²) in [5.74, 6) is 3.06. The van der Waals surface area contributed by atoms with E-state index in [0.29, 0.717) is 0 Å². The van der Waals surface area contributed by atoms with Crippen LogP contribution in [-0.4, -0.2) is 0 Å². The van der Waals surface area contributed by atoms with Crippen molar-refractivity contribution in [3.05, 3.63) is 65.9 Å². The predicted molar refractivity (Wildman–Crippen MR) is 62.0 cm³/mol. The monoisotopic (exact) mass is 266 g/mol. The molecule has 1 aromatic carbocycles. The molecule has 1 rings (SSSR count). The first-order chi connectivity index (χ1) is 3.50. The summed E-state index contributed by atoms with van der Waals surface area (Å²) in [5.41, 5.74) is 0. The standard InChI is InChI=1S/C5H5.CH2Br.4CH3.Ti/c1-2-4-5-3-1;1-2;;;;;/h1-5H;1H2;4*1H3;/q6*-1;. The van der Waals surface area contributed by atoms with Crippen molar-refractivity contribution in [1.29, 1.82) is 0 Å². The van der Waals surface area contributed by atoms with Crippen molar-refractivity contribution >= 4 is 15.9 Å². The molecule has 0 heterocycles. The van der Waals surface area contributed by atoms with Gasteiger partial charge in [-0.05, 0) is 0 Å². The van der Waals surface area contributed by atoms with Crippen LogP contribution >= 0.6 is 15.9 Å². The van der Waals surface area contributed by atoms with Gasteiger partial charge in [-0.1, -0.05) is 0 Å². The van der Waals surface area contributed by atoms with Gasteiger partial charge < -0.3 is 45.6 Å². The van der Waals surface area contributed by atoms with Crippen LogP contribution in [0.15, 0.2) is 30.3 Å². The van der Waals surface area contributed by atoms with E-state index in [1.54, 1.807) is 0 Å². The van der Waals surface area contributed by atoms with Crippen molar-refractivity contribution in [2.24, 2.45) is 0 Å². The predicted octanol–water partition coefficient (Wildman–Crippen LogP) is 4.38. The molecule has 2 heteroatoms. The van der Waals surface area contributed by atoms with Gasteiger partial charge in [-0.3, -0.25) is 5.83 Å². The first-order valence-corrected chi connectivity index (χ1v) is 3.06. The zero-order chi connectivity index (χ0) is 5.54. The summed E-state index contributed by atoms with van der Waals surface area (Å²) in [5, 5.41) is 0. The van der Waals surface area contributed by atoms with Crippen molar-refractivity contribution < 1.29 is 21.7 Å². The molecule has 0 nitrogen and oxygen atoms in total. The van der Waals surface area contributed by atoms with Gasteiger partial charge >= 0.3 is 0 Å². The van der Waals surface area contributed by atoms with Gasteiger partial charge in [-0.25, -0.2) is 12.1 Å². The number of halogens is 1. The van der Waals surface area contributed by atoms with Gasteiger partial charge in [-0.2, -0.15) is 18.2 Å². The molecule has 0 spiro atoms. The third-order valence-corrected chi connectivity index (χ3v) is 0.556. The Labute approximate surface area is 103 Å². The molecule has 76 valence electrons. The van der Waals surface area contributed by atoms with Crippen LogP contribution in [0.1, 0.15) is 0 Å². The summed E-state index contributed by atoms with van der Waals surface area (Å²) in [6.07, 6.45) is 0. The number of rotatable bonds is 0. The van der Waals surface area contributed by atoms with Crippen molar-refractivity contribution in [3.8, 4) is 0 Å². The van der Waals surface area contributed by atoms with Gasteiger partial charge in [0.25, 0.3) is 0 Å². The van der Waals surface area contributed by atoms with Gasteiger partial charge in [0, 0.05) is 21.7 Å². The van der Waals surface area contributed by atoms with Crippen LogP contribution in [0.3, 0.4) is 0 Å². The second-order valence-electron chi connectivity index (χ2n) is 0.962. The number of hydrogen-bond donors (Lipinski definition) is 0. The maximum absolute atomic E-state index is 3.06. The Morgan fingerprint density at radius 3 is 1.17 bits per heavy atom. The Bertz CT molecular complexity index is 66.3. The smallest absolute Gasteiger partial charge is 0 e. The van der Waals surface area contributed by atoms with Crippen molar-refractivity contribution in [1.82, 2.24) is 0 Å². The van der Waals surface area contributed by atoms with Crippen molar-refractivity contribution in [2.45, 2.75) is 0 Å². The van der Waals surface area contributed by atoms with Gasteiger partial charge in [-0.15, -0.1) is 0 Å². The third kappa shape index (κ3) is 31.2. The fraction of sp³-hybridized carbons (Fsp3) is 0. The van der Waals surface area contributed by atoms with Crippen molar-refractivity contribution in [3.63, 3.8) is 0 Å². The maximum Gasteiger partial charge on any atom is 0 e. The Morgan fingerprint density at radius 1 is 0.833 bits per heavy atom. The fourth-order valence-corrected chi connectivity index (χ4v) is 0.321. The van der Waals surface area contributed by atoms with Gasteiger partial charge in [0.05, 0.1) is 0 Å². The molecule has 0 aliphatic rings. The fourth-order valence-electron chi connectivity index (χ4n) is 0.321. The number of hydrogen-bond acceptors (Lipinski definition) is 0. The Balaban J connectivity index is -0.0000000122. The van der Waals surface area contributed by atoms with Crippen LogP contribution in [0.4, 0.5) is 0 Å². The zero-order valence-corrected chi connectivity index (χ0v) is 11.6. The molecule has 0 bridgehead atoms. The molecule has 0 aromatic heterocycles. The molecule has 12 heavy (non-hydrogen) atoms. The second kappa shape index (κ2) is 41.8. The van der Waals surface area contributed by atoms with Crippen molar-refractivity contribution in [2.75, 3.05) is 0 Å².